The Morgan fingerprint density at radius 3 is 2.43 bits per heavy atom. The van der Waals surface area contributed by atoms with Gasteiger partial charge in [0.1, 0.15) is 0 Å². The van der Waals surface area contributed by atoms with Gasteiger partial charge in [0.2, 0.25) is 5.91 Å². The molecule has 1 saturated heterocycles. The van der Waals surface area contributed by atoms with Gasteiger partial charge in [-0.3, -0.25) is 14.5 Å². The number of nitriles is 1. The van der Waals surface area contributed by atoms with Crippen LogP contribution in [-0.2, 0) is 11.2 Å². The van der Waals surface area contributed by atoms with Crippen LogP contribution in [0.5, 0.6) is 0 Å². The summed E-state index contributed by atoms with van der Waals surface area (Å²) in [5.41, 5.74) is 4.30. The third-order valence-electron chi connectivity index (χ3n) is 8.09. The number of benzene rings is 2. The molecule has 0 aromatic heterocycles. The summed E-state index contributed by atoms with van der Waals surface area (Å²) in [5, 5.41) is 12.2. The van der Waals surface area contributed by atoms with Crippen LogP contribution in [0.25, 0.3) is 0 Å². The lowest BCUT2D eigenvalue weighted by atomic mass is 9.98. The van der Waals surface area contributed by atoms with Crippen LogP contribution >= 0.6 is 0 Å². The van der Waals surface area contributed by atoms with Gasteiger partial charge < -0.3 is 10.2 Å². The summed E-state index contributed by atoms with van der Waals surface area (Å²) in [6.45, 7) is 6.14. The van der Waals surface area contributed by atoms with Crippen molar-refractivity contribution < 1.29 is 9.59 Å². The highest BCUT2D eigenvalue weighted by molar-refractivity contribution is 6.05. The Labute approximate surface area is 207 Å². The maximum Gasteiger partial charge on any atom is 0.255 e. The molecule has 1 aliphatic heterocycles. The van der Waals surface area contributed by atoms with Crippen molar-refractivity contribution in [1.82, 2.24) is 9.80 Å². The third kappa shape index (κ3) is 4.58. The molecule has 2 aromatic rings. The number of rotatable bonds is 4. The van der Waals surface area contributed by atoms with Gasteiger partial charge in [-0.1, -0.05) is 31.0 Å². The average Bonchev–Trinajstić information content (AvgIpc) is 3.54. The summed E-state index contributed by atoms with van der Waals surface area (Å²) >= 11 is 0. The number of hydrogen-bond donors (Lipinski definition) is 1. The van der Waals surface area contributed by atoms with E-state index in [-0.39, 0.29) is 23.9 Å². The Hall–Kier alpha value is -3.17. The molecule has 2 amide bonds. The zero-order chi connectivity index (χ0) is 24.5. The van der Waals surface area contributed by atoms with E-state index in [4.69, 9.17) is 5.26 Å². The van der Waals surface area contributed by atoms with E-state index in [2.05, 4.69) is 41.1 Å². The summed E-state index contributed by atoms with van der Waals surface area (Å²) in [4.78, 5) is 30.8. The number of amides is 2. The summed E-state index contributed by atoms with van der Waals surface area (Å²) in [6, 6.07) is 15.8. The van der Waals surface area contributed by atoms with E-state index in [9.17, 15) is 9.59 Å². The predicted octanol–water partition coefficient (Wildman–Crippen LogP) is 4.91. The second kappa shape index (κ2) is 9.83. The first-order valence-corrected chi connectivity index (χ1v) is 13.0. The molecule has 1 saturated carbocycles. The zero-order valence-corrected chi connectivity index (χ0v) is 20.7. The summed E-state index contributed by atoms with van der Waals surface area (Å²) in [5.74, 6) is 0.387. The molecule has 2 fully saturated rings. The van der Waals surface area contributed by atoms with Gasteiger partial charge >= 0.3 is 0 Å². The number of anilines is 1. The van der Waals surface area contributed by atoms with Crippen molar-refractivity contribution in [1.29, 1.82) is 5.26 Å². The normalized spacial score (nSPS) is 24.7. The molecule has 0 bridgehead atoms. The number of fused-ring (bicyclic) bond motifs is 1. The smallest absolute Gasteiger partial charge is 0.255 e. The summed E-state index contributed by atoms with van der Waals surface area (Å²) in [6.07, 6.45) is 6.38. The van der Waals surface area contributed by atoms with Gasteiger partial charge in [0.05, 0.1) is 11.6 Å². The lowest BCUT2D eigenvalue weighted by Crippen LogP contribution is -2.60. The largest absolute Gasteiger partial charge is 0.334 e. The van der Waals surface area contributed by atoms with Crippen molar-refractivity contribution in [2.45, 2.75) is 70.5 Å². The fourth-order valence-corrected chi connectivity index (χ4v) is 6.49. The first-order valence-electron chi connectivity index (χ1n) is 13.0. The highest BCUT2D eigenvalue weighted by Crippen LogP contribution is 2.41. The molecule has 182 valence electrons. The van der Waals surface area contributed by atoms with Gasteiger partial charge in [-0.15, -0.1) is 0 Å². The lowest BCUT2D eigenvalue weighted by Gasteiger charge is -2.47. The Bertz CT molecular complexity index is 1150. The second-order valence-electron chi connectivity index (χ2n) is 10.5. The van der Waals surface area contributed by atoms with Crippen LogP contribution in [0.3, 0.4) is 0 Å². The number of carbonyl (C=O) groups excluding carboxylic acids is 2. The van der Waals surface area contributed by atoms with Crippen molar-refractivity contribution >= 4 is 17.5 Å². The topological polar surface area (TPSA) is 76.4 Å². The van der Waals surface area contributed by atoms with Crippen molar-refractivity contribution in [2.75, 3.05) is 18.4 Å². The molecular formula is C29H34N4O2. The van der Waals surface area contributed by atoms with E-state index >= 15 is 0 Å². The molecule has 6 nitrogen and oxygen atoms in total. The Kier molecular flexibility index (Phi) is 6.62. The van der Waals surface area contributed by atoms with Crippen LogP contribution in [0, 0.1) is 17.2 Å². The monoisotopic (exact) mass is 470 g/mol. The van der Waals surface area contributed by atoms with E-state index in [1.165, 1.54) is 24.0 Å². The van der Waals surface area contributed by atoms with Crippen LogP contribution in [0.15, 0.2) is 42.5 Å². The van der Waals surface area contributed by atoms with E-state index in [1.807, 2.05) is 12.1 Å². The Balaban J connectivity index is 1.31. The first-order chi connectivity index (χ1) is 17.0. The number of nitrogens with one attached hydrogen (secondary N) is 1. The average molecular weight is 471 g/mol. The summed E-state index contributed by atoms with van der Waals surface area (Å²) in [7, 11) is 0. The van der Waals surface area contributed by atoms with Gasteiger partial charge in [-0.05, 0) is 74.9 Å². The first kappa shape index (κ1) is 23.6. The molecule has 1 N–H and O–H groups in total. The van der Waals surface area contributed by atoms with Crippen LogP contribution in [0.2, 0.25) is 0 Å². The van der Waals surface area contributed by atoms with E-state index < -0.39 is 0 Å². The highest BCUT2D eigenvalue weighted by Gasteiger charge is 2.40. The highest BCUT2D eigenvalue weighted by atomic mass is 16.2. The minimum atomic E-state index is -0.194. The van der Waals surface area contributed by atoms with Crippen LogP contribution in [0.1, 0.15) is 79.0 Å². The minimum Gasteiger partial charge on any atom is -0.334 e. The molecule has 5 rings (SSSR count). The van der Waals surface area contributed by atoms with Crippen molar-refractivity contribution in [2.24, 2.45) is 5.92 Å². The molecule has 0 radical (unpaired) electrons. The molecule has 35 heavy (non-hydrogen) atoms. The van der Waals surface area contributed by atoms with E-state index in [0.717, 1.165) is 44.5 Å². The molecule has 1 heterocycles. The Morgan fingerprint density at radius 1 is 1.00 bits per heavy atom. The quantitative estimate of drug-likeness (QED) is 0.689. The molecule has 3 atom stereocenters. The SMILES string of the molecule is C[C@@H]1CN(C2CCc3c(NC(=O)c4cccc(C#N)c4)cccc32)C[C@H](C)N1C(=O)C1CCCC1. The Morgan fingerprint density at radius 2 is 1.71 bits per heavy atom. The fourth-order valence-electron chi connectivity index (χ4n) is 6.49. The van der Waals surface area contributed by atoms with Gasteiger partial charge in [-0.2, -0.15) is 5.26 Å². The molecule has 3 aliphatic rings. The maximum absolute atomic E-state index is 13.2. The van der Waals surface area contributed by atoms with Gasteiger partial charge in [0, 0.05) is 48.4 Å². The predicted molar refractivity (Wildman–Crippen MR) is 136 cm³/mol. The van der Waals surface area contributed by atoms with Crippen molar-refractivity contribution in [3.05, 3.63) is 64.7 Å². The number of piperazine rings is 1. The van der Waals surface area contributed by atoms with Gasteiger partial charge in [0.15, 0.2) is 0 Å². The standard InChI is InChI=1S/C29H34N4O2/c1-19-17-32(18-20(2)33(19)29(35)22-8-3-4-9-22)27-14-13-24-25(27)11-6-12-26(24)31-28(34)23-10-5-7-21(15-23)16-30/h5-7,10-12,15,19-20,22,27H,3-4,8-9,13-14,17-18H2,1-2H3,(H,31,34)/t19-,20+,27?. The number of nitrogens with zero attached hydrogens (tertiary/aromatic N) is 3. The van der Waals surface area contributed by atoms with Crippen LogP contribution in [0.4, 0.5) is 5.69 Å². The third-order valence-corrected chi connectivity index (χ3v) is 8.09. The fraction of sp³-hybridized carbons (Fsp3) is 0.483. The molecule has 2 aromatic carbocycles. The van der Waals surface area contributed by atoms with Crippen LogP contribution in [-0.4, -0.2) is 46.8 Å². The molecule has 6 heteroatoms. The zero-order valence-electron chi connectivity index (χ0n) is 20.7. The minimum absolute atomic E-state index is 0.194. The van der Waals surface area contributed by atoms with E-state index in [1.54, 1.807) is 24.3 Å². The maximum atomic E-state index is 13.2. The molecule has 0 spiro atoms. The van der Waals surface area contributed by atoms with Gasteiger partial charge in [-0.25, -0.2) is 0 Å². The van der Waals surface area contributed by atoms with Gasteiger partial charge in [0.25, 0.3) is 5.91 Å². The molecular weight excluding hydrogens is 436 g/mol. The van der Waals surface area contributed by atoms with E-state index in [0.29, 0.717) is 23.1 Å². The van der Waals surface area contributed by atoms with Crippen molar-refractivity contribution in [3.63, 3.8) is 0 Å². The summed E-state index contributed by atoms with van der Waals surface area (Å²) < 4.78 is 0. The molecule has 1 unspecified atom stereocenters. The van der Waals surface area contributed by atoms with Crippen LogP contribution < -0.4 is 5.32 Å². The van der Waals surface area contributed by atoms with Crippen molar-refractivity contribution in [3.8, 4) is 6.07 Å². The second-order valence-corrected chi connectivity index (χ2v) is 10.5. The molecule has 2 aliphatic carbocycles. The lowest BCUT2D eigenvalue weighted by molar-refractivity contribution is -0.144. The number of hydrogen-bond acceptors (Lipinski definition) is 4. The number of carbonyl (C=O) groups is 2.